The van der Waals surface area contributed by atoms with Gasteiger partial charge in [-0.25, -0.2) is 18.2 Å². The standard InChI is InChI=1S/C16H12F3N5OS/c1-8(15(25)21-11-3-2-10(17)12(18)13(11)19)26-16-22-14(23-24-16)9-4-6-20-7-5-9/h2-8H,1H3,(H,21,25)(H,22,23,24)/t8-/m0/s1. The monoisotopic (exact) mass is 379 g/mol. The van der Waals surface area contributed by atoms with Gasteiger partial charge in [0.05, 0.1) is 10.9 Å². The van der Waals surface area contributed by atoms with E-state index in [1.165, 1.54) is 0 Å². The van der Waals surface area contributed by atoms with Crippen molar-refractivity contribution in [1.82, 2.24) is 20.2 Å². The topological polar surface area (TPSA) is 83.6 Å². The molecule has 0 aliphatic heterocycles. The summed E-state index contributed by atoms with van der Waals surface area (Å²) in [5.41, 5.74) is 0.342. The van der Waals surface area contributed by atoms with E-state index >= 15 is 0 Å². The van der Waals surface area contributed by atoms with E-state index in [-0.39, 0.29) is 0 Å². The van der Waals surface area contributed by atoms with Crippen LogP contribution in [0.15, 0.2) is 41.8 Å². The third-order valence-corrected chi connectivity index (χ3v) is 4.32. The summed E-state index contributed by atoms with van der Waals surface area (Å²) in [4.78, 5) is 20.3. The van der Waals surface area contributed by atoms with E-state index in [0.29, 0.717) is 11.0 Å². The SMILES string of the molecule is C[C@H](Sc1n[nH]c(-c2ccncc2)n1)C(=O)Nc1ccc(F)c(F)c1F. The minimum atomic E-state index is -1.64. The first-order valence-corrected chi connectivity index (χ1v) is 8.27. The van der Waals surface area contributed by atoms with Crippen molar-refractivity contribution in [2.45, 2.75) is 17.3 Å². The molecule has 1 atom stereocenters. The highest BCUT2D eigenvalue weighted by atomic mass is 32.2. The summed E-state index contributed by atoms with van der Waals surface area (Å²) in [6.07, 6.45) is 3.22. The van der Waals surface area contributed by atoms with Crippen LogP contribution in [-0.4, -0.2) is 31.3 Å². The summed E-state index contributed by atoms with van der Waals surface area (Å²) in [5.74, 6) is -4.51. The Morgan fingerprint density at radius 3 is 2.62 bits per heavy atom. The lowest BCUT2D eigenvalue weighted by atomic mass is 10.2. The fourth-order valence-corrected chi connectivity index (χ4v) is 2.73. The van der Waals surface area contributed by atoms with Gasteiger partial charge in [0.1, 0.15) is 0 Å². The van der Waals surface area contributed by atoms with Crippen LogP contribution < -0.4 is 5.32 Å². The molecule has 0 bridgehead atoms. The number of rotatable bonds is 5. The molecule has 0 aliphatic carbocycles. The lowest BCUT2D eigenvalue weighted by Gasteiger charge is -2.11. The molecule has 3 rings (SSSR count). The molecule has 134 valence electrons. The molecule has 0 unspecified atom stereocenters. The fourth-order valence-electron chi connectivity index (χ4n) is 2.01. The molecule has 10 heteroatoms. The normalized spacial score (nSPS) is 12.0. The Labute approximate surface area is 150 Å². The Morgan fingerprint density at radius 2 is 1.88 bits per heavy atom. The average Bonchev–Trinajstić information content (AvgIpc) is 3.11. The average molecular weight is 379 g/mol. The maximum absolute atomic E-state index is 13.6. The zero-order chi connectivity index (χ0) is 18.7. The Hall–Kier alpha value is -2.88. The van der Waals surface area contributed by atoms with Crippen LogP contribution >= 0.6 is 11.8 Å². The van der Waals surface area contributed by atoms with Crippen LogP contribution in [0.3, 0.4) is 0 Å². The minimum Gasteiger partial charge on any atom is -0.323 e. The fraction of sp³-hybridized carbons (Fsp3) is 0.125. The number of nitrogens with zero attached hydrogens (tertiary/aromatic N) is 3. The molecular weight excluding hydrogens is 367 g/mol. The number of halogens is 3. The summed E-state index contributed by atoms with van der Waals surface area (Å²) in [6.45, 7) is 1.56. The first-order chi connectivity index (χ1) is 12.5. The number of carbonyl (C=O) groups is 1. The van der Waals surface area contributed by atoms with Gasteiger partial charge in [-0.05, 0) is 31.2 Å². The third kappa shape index (κ3) is 3.85. The highest BCUT2D eigenvalue weighted by Gasteiger charge is 2.21. The van der Waals surface area contributed by atoms with Gasteiger partial charge >= 0.3 is 0 Å². The number of thioether (sulfide) groups is 1. The van der Waals surface area contributed by atoms with Crippen LogP contribution in [0, 0.1) is 17.5 Å². The molecule has 0 radical (unpaired) electrons. The molecule has 2 aromatic heterocycles. The van der Waals surface area contributed by atoms with Gasteiger partial charge in [-0.2, -0.15) is 0 Å². The van der Waals surface area contributed by atoms with Crippen molar-refractivity contribution in [3.8, 4) is 11.4 Å². The largest absolute Gasteiger partial charge is 0.323 e. The number of hydrogen-bond donors (Lipinski definition) is 2. The van der Waals surface area contributed by atoms with Crippen molar-refractivity contribution >= 4 is 23.4 Å². The second kappa shape index (κ2) is 7.56. The van der Waals surface area contributed by atoms with Crippen molar-refractivity contribution in [3.63, 3.8) is 0 Å². The van der Waals surface area contributed by atoms with Crippen LogP contribution in [0.1, 0.15) is 6.92 Å². The molecule has 1 aromatic carbocycles. The van der Waals surface area contributed by atoms with Crippen molar-refractivity contribution in [2.75, 3.05) is 5.32 Å². The van der Waals surface area contributed by atoms with E-state index < -0.39 is 34.3 Å². The Kier molecular flexibility index (Phi) is 5.21. The number of pyridine rings is 1. The maximum Gasteiger partial charge on any atom is 0.237 e. The molecule has 3 aromatic rings. The second-order valence-corrected chi connectivity index (χ2v) is 6.48. The Balaban J connectivity index is 1.67. The van der Waals surface area contributed by atoms with E-state index in [1.54, 1.807) is 31.5 Å². The summed E-state index contributed by atoms with van der Waals surface area (Å²) in [5, 5.41) is 8.58. The number of benzene rings is 1. The first-order valence-electron chi connectivity index (χ1n) is 7.39. The molecule has 0 aliphatic rings. The lowest BCUT2D eigenvalue weighted by Crippen LogP contribution is -2.23. The Morgan fingerprint density at radius 1 is 1.15 bits per heavy atom. The van der Waals surface area contributed by atoms with Crippen molar-refractivity contribution in [2.24, 2.45) is 0 Å². The van der Waals surface area contributed by atoms with Crippen molar-refractivity contribution in [1.29, 1.82) is 0 Å². The van der Waals surface area contributed by atoms with Gasteiger partial charge in [0.15, 0.2) is 23.3 Å². The number of aromatic nitrogens is 4. The van der Waals surface area contributed by atoms with Gasteiger partial charge in [0.2, 0.25) is 11.1 Å². The van der Waals surface area contributed by atoms with Crippen LogP contribution in [-0.2, 0) is 4.79 Å². The molecule has 2 heterocycles. The number of amides is 1. The first kappa shape index (κ1) is 17.9. The number of aromatic amines is 1. The molecule has 0 spiro atoms. The number of hydrogen-bond acceptors (Lipinski definition) is 5. The van der Waals surface area contributed by atoms with Crippen LogP contribution in [0.25, 0.3) is 11.4 Å². The number of anilines is 1. The zero-order valence-corrected chi connectivity index (χ0v) is 14.1. The van der Waals surface area contributed by atoms with E-state index in [0.717, 1.165) is 29.5 Å². The number of nitrogens with one attached hydrogen (secondary N) is 2. The van der Waals surface area contributed by atoms with E-state index in [2.05, 4.69) is 25.5 Å². The highest BCUT2D eigenvalue weighted by Crippen LogP contribution is 2.25. The zero-order valence-electron chi connectivity index (χ0n) is 13.3. The third-order valence-electron chi connectivity index (χ3n) is 3.36. The van der Waals surface area contributed by atoms with Gasteiger partial charge in [-0.15, -0.1) is 5.10 Å². The number of carbonyl (C=O) groups excluding carboxylic acids is 1. The van der Waals surface area contributed by atoms with Crippen LogP contribution in [0.2, 0.25) is 0 Å². The quantitative estimate of drug-likeness (QED) is 0.524. The van der Waals surface area contributed by atoms with Gasteiger partial charge in [0, 0.05) is 18.0 Å². The van der Waals surface area contributed by atoms with Crippen LogP contribution in [0.5, 0.6) is 0 Å². The molecule has 0 saturated heterocycles. The van der Waals surface area contributed by atoms with Gasteiger partial charge < -0.3 is 5.32 Å². The molecule has 0 saturated carbocycles. The Bertz CT molecular complexity index is 935. The lowest BCUT2D eigenvalue weighted by molar-refractivity contribution is -0.115. The smallest absolute Gasteiger partial charge is 0.237 e. The highest BCUT2D eigenvalue weighted by molar-refractivity contribution is 8.00. The van der Waals surface area contributed by atoms with E-state index in [4.69, 9.17) is 0 Å². The minimum absolute atomic E-state index is 0.310. The van der Waals surface area contributed by atoms with E-state index in [1.807, 2.05) is 0 Å². The number of H-pyrrole nitrogens is 1. The summed E-state index contributed by atoms with van der Waals surface area (Å²) >= 11 is 1.03. The van der Waals surface area contributed by atoms with Gasteiger partial charge in [-0.1, -0.05) is 11.8 Å². The molecule has 1 amide bonds. The molecule has 26 heavy (non-hydrogen) atoms. The summed E-state index contributed by atoms with van der Waals surface area (Å²) < 4.78 is 39.8. The van der Waals surface area contributed by atoms with Gasteiger partial charge in [0.25, 0.3) is 0 Å². The molecular formula is C16H12F3N5OS. The predicted octanol–water partition coefficient (Wildman–Crippen LogP) is 3.40. The van der Waals surface area contributed by atoms with E-state index in [9.17, 15) is 18.0 Å². The van der Waals surface area contributed by atoms with Gasteiger partial charge in [-0.3, -0.25) is 14.9 Å². The van der Waals surface area contributed by atoms with Crippen LogP contribution in [0.4, 0.5) is 18.9 Å². The predicted molar refractivity (Wildman–Crippen MR) is 89.9 cm³/mol. The molecule has 2 N–H and O–H groups in total. The van der Waals surface area contributed by atoms with Crippen molar-refractivity contribution < 1.29 is 18.0 Å². The molecule has 0 fully saturated rings. The second-order valence-electron chi connectivity index (χ2n) is 5.17. The molecule has 6 nitrogen and oxygen atoms in total. The summed E-state index contributed by atoms with van der Waals surface area (Å²) in [7, 11) is 0. The maximum atomic E-state index is 13.6. The summed E-state index contributed by atoms with van der Waals surface area (Å²) in [6, 6.07) is 5.19. The van der Waals surface area contributed by atoms with Crippen molar-refractivity contribution in [3.05, 3.63) is 54.1 Å².